The van der Waals surface area contributed by atoms with Crippen molar-refractivity contribution in [3.63, 3.8) is 0 Å². The van der Waals surface area contributed by atoms with Crippen molar-refractivity contribution in [1.82, 2.24) is 4.98 Å². The molecule has 0 atom stereocenters. The number of nitrogens with one attached hydrogen (secondary N) is 1. The number of pyridine rings is 1. The molecule has 1 saturated carbocycles. The molecule has 0 aromatic carbocycles. The first-order chi connectivity index (χ1) is 7.97. The second-order valence-corrected chi connectivity index (χ2v) is 6.13. The summed E-state index contributed by atoms with van der Waals surface area (Å²) in [6, 6.07) is 3.04. The Labute approximate surface area is 101 Å². The van der Waals surface area contributed by atoms with Crippen molar-refractivity contribution in [1.29, 1.82) is 0 Å². The molecule has 0 saturated heterocycles. The number of sulfonamides is 1. The summed E-state index contributed by atoms with van der Waals surface area (Å²) in [6.45, 7) is 2.90. The minimum absolute atomic E-state index is 0.0619. The van der Waals surface area contributed by atoms with Gasteiger partial charge in [-0.1, -0.05) is 6.92 Å². The van der Waals surface area contributed by atoms with Crippen LogP contribution in [0.25, 0.3) is 0 Å². The van der Waals surface area contributed by atoms with Crippen molar-refractivity contribution in [2.75, 3.05) is 11.9 Å². The lowest BCUT2D eigenvalue weighted by Crippen LogP contribution is -2.19. The van der Waals surface area contributed by atoms with Crippen LogP contribution in [0.15, 0.2) is 23.2 Å². The maximum atomic E-state index is 11.4. The summed E-state index contributed by atoms with van der Waals surface area (Å²) in [5.41, 5.74) is 0.327. The van der Waals surface area contributed by atoms with Crippen LogP contribution in [0, 0.1) is 5.41 Å². The Bertz CT molecular complexity index is 509. The molecule has 1 heterocycles. The van der Waals surface area contributed by atoms with E-state index in [0.29, 0.717) is 11.2 Å². The number of anilines is 1. The molecule has 1 aliphatic rings. The number of rotatable bonds is 5. The SMILES string of the molecule is CCC1(CNc2ncccc2S(N)(=O)=O)CC1. The fourth-order valence-electron chi connectivity index (χ4n) is 1.86. The van der Waals surface area contributed by atoms with Gasteiger partial charge in [-0.05, 0) is 36.8 Å². The number of hydrogen-bond donors (Lipinski definition) is 2. The monoisotopic (exact) mass is 255 g/mol. The van der Waals surface area contributed by atoms with Gasteiger partial charge in [0.05, 0.1) is 0 Å². The third-order valence-corrected chi connectivity index (χ3v) is 4.36. The van der Waals surface area contributed by atoms with Gasteiger partial charge in [-0.25, -0.2) is 18.5 Å². The highest BCUT2D eigenvalue weighted by molar-refractivity contribution is 7.89. The van der Waals surface area contributed by atoms with Crippen LogP contribution in [0.2, 0.25) is 0 Å². The minimum atomic E-state index is -3.71. The first kappa shape index (κ1) is 12.3. The van der Waals surface area contributed by atoms with E-state index < -0.39 is 10.0 Å². The van der Waals surface area contributed by atoms with Crippen LogP contribution in [0.4, 0.5) is 5.82 Å². The van der Waals surface area contributed by atoms with Crippen molar-refractivity contribution >= 4 is 15.8 Å². The summed E-state index contributed by atoms with van der Waals surface area (Å²) >= 11 is 0. The van der Waals surface area contributed by atoms with Crippen molar-refractivity contribution < 1.29 is 8.42 Å². The predicted molar refractivity (Wildman–Crippen MR) is 66.1 cm³/mol. The molecule has 94 valence electrons. The number of nitrogens with zero attached hydrogens (tertiary/aromatic N) is 1. The lowest BCUT2D eigenvalue weighted by molar-refractivity contribution is 0.520. The lowest BCUT2D eigenvalue weighted by Gasteiger charge is -2.15. The smallest absolute Gasteiger partial charge is 0.241 e. The number of aromatic nitrogens is 1. The molecule has 6 heteroatoms. The zero-order valence-electron chi connectivity index (χ0n) is 9.81. The Morgan fingerprint density at radius 2 is 2.24 bits per heavy atom. The fraction of sp³-hybridized carbons (Fsp3) is 0.545. The molecule has 0 amide bonds. The van der Waals surface area contributed by atoms with E-state index in [-0.39, 0.29) is 4.90 Å². The van der Waals surface area contributed by atoms with Crippen molar-refractivity contribution in [3.8, 4) is 0 Å². The lowest BCUT2D eigenvalue weighted by atomic mass is 10.0. The normalized spacial score (nSPS) is 17.8. The molecule has 0 bridgehead atoms. The second kappa shape index (κ2) is 4.27. The van der Waals surface area contributed by atoms with E-state index in [4.69, 9.17) is 5.14 Å². The van der Waals surface area contributed by atoms with E-state index in [1.807, 2.05) is 0 Å². The summed E-state index contributed by atoms with van der Waals surface area (Å²) in [5, 5.41) is 8.24. The predicted octanol–water partition coefficient (Wildman–Crippen LogP) is 1.33. The number of hydrogen-bond acceptors (Lipinski definition) is 4. The third-order valence-electron chi connectivity index (χ3n) is 3.42. The van der Waals surface area contributed by atoms with Crippen molar-refractivity contribution in [2.45, 2.75) is 31.1 Å². The summed E-state index contributed by atoms with van der Waals surface area (Å²) in [5.74, 6) is 0.356. The van der Waals surface area contributed by atoms with Gasteiger partial charge in [0, 0.05) is 12.7 Å². The Kier molecular flexibility index (Phi) is 3.09. The van der Waals surface area contributed by atoms with E-state index in [0.717, 1.165) is 13.0 Å². The standard InChI is InChI=1S/C11H17N3O2S/c1-2-11(5-6-11)8-14-10-9(17(12,15)16)4-3-7-13-10/h3-4,7H,2,5-6,8H2,1H3,(H,13,14)(H2,12,15,16). The maximum absolute atomic E-state index is 11.4. The van der Waals surface area contributed by atoms with E-state index in [9.17, 15) is 8.42 Å². The minimum Gasteiger partial charge on any atom is -0.368 e. The van der Waals surface area contributed by atoms with Crippen LogP contribution >= 0.6 is 0 Å². The van der Waals surface area contributed by atoms with E-state index in [2.05, 4.69) is 17.2 Å². The van der Waals surface area contributed by atoms with Gasteiger partial charge in [0.2, 0.25) is 10.0 Å². The molecule has 5 nitrogen and oxygen atoms in total. The molecule has 3 N–H and O–H groups in total. The molecule has 1 aromatic heterocycles. The molecule has 1 aliphatic carbocycles. The molecule has 0 radical (unpaired) electrons. The maximum Gasteiger partial charge on any atom is 0.241 e. The molecule has 1 fully saturated rings. The van der Waals surface area contributed by atoms with Gasteiger partial charge in [0.1, 0.15) is 10.7 Å². The summed E-state index contributed by atoms with van der Waals surface area (Å²) in [7, 11) is -3.71. The molecule has 0 aliphatic heterocycles. The van der Waals surface area contributed by atoms with Crippen LogP contribution in [-0.2, 0) is 10.0 Å². The Morgan fingerprint density at radius 3 is 2.76 bits per heavy atom. The van der Waals surface area contributed by atoms with Gasteiger partial charge >= 0.3 is 0 Å². The van der Waals surface area contributed by atoms with Crippen LogP contribution in [-0.4, -0.2) is 19.9 Å². The van der Waals surface area contributed by atoms with Gasteiger partial charge < -0.3 is 5.32 Å². The molecular weight excluding hydrogens is 238 g/mol. The summed E-state index contributed by atoms with van der Waals surface area (Å²) in [4.78, 5) is 4.10. The third kappa shape index (κ3) is 2.76. The number of nitrogens with two attached hydrogens (primary N) is 1. The van der Waals surface area contributed by atoms with Crippen LogP contribution in [0.1, 0.15) is 26.2 Å². The van der Waals surface area contributed by atoms with Gasteiger partial charge in [0.25, 0.3) is 0 Å². The van der Waals surface area contributed by atoms with Crippen LogP contribution < -0.4 is 10.5 Å². The molecule has 0 spiro atoms. The van der Waals surface area contributed by atoms with E-state index >= 15 is 0 Å². The second-order valence-electron chi connectivity index (χ2n) is 4.60. The molecule has 1 aromatic rings. The fourth-order valence-corrected chi connectivity index (χ4v) is 2.52. The molecule has 0 unspecified atom stereocenters. The Balaban J connectivity index is 2.16. The quantitative estimate of drug-likeness (QED) is 0.831. The summed E-state index contributed by atoms with van der Waals surface area (Å²) < 4.78 is 22.7. The Hall–Kier alpha value is -1.14. The highest BCUT2D eigenvalue weighted by Gasteiger charge is 2.40. The van der Waals surface area contributed by atoms with E-state index in [1.54, 1.807) is 12.3 Å². The van der Waals surface area contributed by atoms with Gasteiger partial charge in [-0.3, -0.25) is 0 Å². The highest BCUT2D eigenvalue weighted by Crippen LogP contribution is 2.48. The van der Waals surface area contributed by atoms with Crippen molar-refractivity contribution in [3.05, 3.63) is 18.3 Å². The van der Waals surface area contributed by atoms with Gasteiger partial charge in [-0.15, -0.1) is 0 Å². The van der Waals surface area contributed by atoms with Gasteiger partial charge in [0.15, 0.2) is 0 Å². The Morgan fingerprint density at radius 1 is 1.53 bits per heavy atom. The topological polar surface area (TPSA) is 85.1 Å². The first-order valence-electron chi connectivity index (χ1n) is 5.69. The van der Waals surface area contributed by atoms with Crippen molar-refractivity contribution in [2.24, 2.45) is 10.6 Å². The molecular formula is C11H17N3O2S. The zero-order chi connectivity index (χ0) is 12.5. The molecule has 17 heavy (non-hydrogen) atoms. The molecule has 2 rings (SSSR count). The van der Waals surface area contributed by atoms with E-state index in [1.165, 1.54) is 18.9 Å². The van der Waals surface area contributed by atoms with Crippen LogP contribution in [0.5, 0.6) is 0 Å². The largest absolute Gasteiger partial charge is 0.368 e. The average molecular weight is 255 g/mol. The average Bonchev–Trinajstić information content (AvgIpc) is 3.06. The zero-order valence-corrected chi connectivity index (χ0v) is 10.6. The van der Waals surface area contributed by atoms with Gasteiger partial charge in [-0.2, -0.15) is 0 Å². The first-order valence-corrected chi connectivity index (χ1v) is 7.23. The summed E-state index contributed by atoms with van der Waals surface area (Å²) in [6.07, 6.45) is 5.03. The highest BCUT2D eigenvalue weighted by atomic mass is 32.2. The number of primary sulfonamides is 1. The van der Waals surface area contributed by atoms with Crippen LogP contribution in [0.3, 0.4) is 0 Å².